The van der Waals surface area contributed by atoms with Gasteiger partial charge in [-0.25, -0.2) is 18.9 Å². The van der Waals surface area contributed by atoms with Gasteiger partial charge in [0.05, 0.1) is 13.7 Å². The number of aromatic nitrogens is 4. The molecule has 32 heavy (non-hydrogen) atoms. The lowest BCUT2D eigenvalue weighted by Gasteiger charge is -2.07. The zero-order chi connectivity index (χ0) is 22.5. The fourth-order valence-electron chi connectivity index (χ4n) is 3.01. The van der Waals surface area contributed by atoms with Crippen LogP contribution in [-0.4, -0.2) is 38.8 Å². The fourth-order valence-corrected chi connectivity index (χ4v) is 3.01. The highest BCUT2D eigenvalue weighted by atomic mass is 16.5. The Balaban J connectivity index is 1.53. The van der Waals surface area contributed by atoms with Gasteiger partial charge in [0.1, 0.15) is 23.8 Å². The maximum Gasteiger partial charge on any atom is 0.351 e. The number of carbonyl (C=O) groups excluding carboxylic acids is 1. The number of anilines is 1. The summed E-state index contributed by atoms with van der Waals surface area (Å²) in [6, 6.07) is 13.9. The average molecular weight is 435 g/mol. The minimum atomic E-state index is -0.486. The molecule has 0 aliphatic heterocycles. The average Bonchev–Trinajstić information content (AvgIpc) is 3.12. The lowest BCUT2D eigenvalue weighted by Crippen LogP contribution is -2.28. The number of amides is 1. The number of benzene rings is 2. The summed E-state index contributed by atoms with van der Waals surface area (Å²) in [5.41, 5.74) is 0.285. The van der Waals surface area contributed by atoms with Crippen LogP contribution in [0.1, 0.15) is 6.92 Å². The van der Waals surface area contributed by atoms with Gasteiger partial charge in [0.25, 0.3) is 5.88 Å². The SMILES string of the molecule is CCOc1ccc(NC(=O)Cn2nc3c(Oc4cccc(OC)c4)nccn3c2=O)cc1. The van der Waals surface area contributed by atoms with Crippen molar-refractivity contribution in [2.24, 2.45) is 0 Å². The molecule has 0 bridgehead atoms. The van der Waals surface area contributed by atoms with E-state index in [0.29, 0.717) is 29.5 Å². The molecule has 4 rings (SSSR count). The van der Waals surface area contributed by atoms with Crippen LogP contribution in [0.25, 0.3) is 5.65 Å². The number of hydrogen-bond acceptors (Lipinski definition) is 7. The van der Waals surface area contributed by atoms with Gasteiger partial charge in [-0.2, -0.15) is 0 Å². The van der Waals surface area contributed by atoms with Crippen molar-refractivity contribution in [1.82, 2.24) is 19.2 Å². The third-order valence-corrected chi connectivity index (χ3v) is 4.47. The molecule has 0 atom stereocenters. The summed E-state index contributed by atoms with van der Waals surface area (Å²) in [6.45, 7) is 2.18. The van der Waals surface area contributed by atoms with E-state index in [9.17, 15) is 9.59 Å². The molecule has 0 fully saturated rings. The molecule has 164 valence electrons. The summed E-state index contributed by atoms with van der Waals surface area (Å²) in [4.78, 5) is 29.3. The van der Waals surface area contributed by atoms with E-state index in [-0.39, 0.29) is 18.1 Å². The number of nitrogens with zero attached hydrogens (tertiary/aromatic N) is 4. The van der Waals surface area contributed by atoms with Crippen molar-refractivity contribution in [2.75, 3.05) is 19.0 Å². The molecule has 10 nitrogen and oxygen atoms in total. The number of rotatable bonds is 8. The van der Waals surface area contributed by atoms with Gasteiger partial charge in [0, 0.05) is 24.1 Å². The molecule has 0 saturated carbocycles. The smallest absolute Gasteiger partial charge is 0.351 e. The molecular formula is C22H21N5O5. The Morgan fingerprint density at radius 1 is 1.09 bits per heavy atom. The van der Waals surface area contributed by atoms with E-state index < -0.39 is 11.6 Å². The number of ether oxygens (including phenoxy) is 3. The van der Waals surface area contributed by atoms with Crippen LogP contribution in [0.3, 0.4) is 0 Å². The van der Waals surface area contributed by atoms with Crippen molar-refractivity contribution in [2.45, 2.75) is 13.5 Å². The van der Waals surface area contributed by atoms with Crippen LogP contribution in [0.5, 0.6) is 23.1 Å². The number of carbonyl (C=O) groups is 1. The monoisotopic (exact) mass is 435 g/mol. The van der Waals surface area contributed by atoms with E-state index >= 15 is 0 Å². The highest BCUT2D eigenvalue weighted by Gasteiger charge is 2.16. The van der Waals surface area contributed by atoms with E-state index in [1.54, 1.807) is 55.6 Å². The van der Waals surface area contributed by atoms with Crippen LogP contribution in [0.4, 0.5) is 5.69 Å². The summed E-state index contributed by atoms with van der Waals surface area (Å²) < 4.78 is 18.7. The first-order valence-electron chi connectivity index (χ1n) is 9.86. The van der Waals surface area contributed by atoms with Crippen LogP contribution in [0.2, 0.25) is 0 Å². The van der Waals surface area contributed by atoms with Crippen LogP contribution >= 0.6 is 0 Å². The normalized spacial score (nSPS) is 10.7. The fraction of sp³-hybridized carbons (Fsp3) is 0.182. The van der Waals surface area contributed by atoms with Gasteiger partial charge in [-0.3, -0.25) is 4.79 Å². The predicted octanol–water partition coefficient (Wildman–Crippen LogP) is 2.73. The molecule has 2 aromatic heterocycles. The Kier molecular flexibility index (Phi) is 6.02. The van der Waals surface area contributed by atoms with Crippen molar-refractivity contribution in [3.05, 3.63) is 71.4 Å². The maximum absolute atomic E-state index is 12.7. The maximum atomic E-state index is 12.7. The minimum Gasteiger partial charge on any atom is -0.497 e. The molecule has 0 spiro atoms. The van der Waals surface area contributed by atoms with Gasteiger partial charge in [-0.1, -0.05) is 6.07 Å². The van der Waals surface area contributed by atoms with Crippen molar-refractivity contribution < 1.29 is 19.0 Å². The molecule has 1 amide bonds. The van der Waals surface area contributed by atoms with Crippen LogP contribution in [0.15, 0.2) is 65.7 Å². The van der Waals surface area contributed by atoms with Crippen LogP contribution in [0, 0.1) is 0 Å². The quantitative estimate of drug-likeness (QED) is 0.453. The lowest BCUT2D eigenvalue weighted by atomic mass is 10.3. The van der Waals surface area contributed by atoms with E-state index in [0.717, 1.165) is 4.68 Å². The Hall–Kier alpha value is -4.34. The lowest BCUT2D eigenvalue weighted by molar-refractivity contribution is -0.117. The third kappa shape index (κ3) is 4.53. The second kappa shape index (κ2) is 9.21. The molecular weight excluding hydrogens is 414 g/mol. The summed E-state index contributed by atoms with van der Waals surface area (Å²) in [6.07, 6.45) is 2.89. The number of fused-ring (bicyclic) bond motifs is 1. The highest BCUT2D eigenvalue weighted by Crippen LogP contribution is 2.25. The van der Waals surface area contributed by atoms with Crippen molar-refractivity contribution in [1.29, 1.82) is 0 Å². The molecule has 2 heterocycles. The Bertz CT molecular complexity index is 1300. The second-order valence-electron chi connectivity index (χ2n) is 6.65. The van der Waals surface area contributed by atoms with Crippen LogP contribution < -0.4 is 25.2 Å². The first-order chi connectivity index (χ1) is 15.6. The standard InChI is InChI=1S/C22H21N5O5/c1-3-31-16-9-7-15(8-10-16)24-19(28)14-27-22(29)26-12-11-23-21(20(26)25-27)32-18-6-4-5-17(13-18)30-2/h4-13H,3,14H2,1-2H3,(H,24,28). The van der Waals surface area contributed by atoms with Gasteiger partial charge in [-0.05, 0) is 43.3 Å². The number of hydrogen-bond donors (Lipinski definition) is 1. The second-order valence-corrected chi connectivity index (χ2v) is 6.65. The number of methoxy groups -OCH3 is 1. The minimum absolute atomic E-state index is 0.128. The Morgan fingerprint density at radius 3 is 2.62 bits per heavy atom. The van der Waals surface area contributed by atoms with Crippen LogP contribution in [-0.2, 0) is 11.3 Å². The van der Waals surface area contributed by atoms with Crippen molar-refractivity contribution >= 4 is 17.2 Å². The molecule has 0 aliphatic rings. The summed E-state index contributed by atoms with van der Waals surface area (Å²) in [5.74, 6) is 1.52. The zero-order valence-corrected chi connectivity index (χ0v) is 17.5. The first-order valence-corrected chi connectivity index (χ1v) is 9.86. The topological polar surface area (TPSA) is 109 Å². The predicted molar refractivity (Wildman–Crippen MR) is 117 cm³/mol. The summed E-state index contributed by atoms with van der Waals surface area (Å²) in [5, 5.41) is 6.97. The molecule has 10 heteroatoms. The molecule has 0 saturated heterocycles. The molecule has 4 aromatic rings. The van der Waals surface area contributed by atoms with E-state index in [2.05, 4.69) is 15.4 Å². The summed E-state index contributed by atoms with van der Waals surface area (Å²) >= 11 is 0. The van der Waals surface area contributed by atoms with Crippen molar-refractivity contribution in [3.8, 4) is 23.1 Å². The Labute approximate surface area is 183 Å². The Morgan fingerprint density at radius 2 is 1.88 bits per heavy atom. The molecule has 0 aliphatic carbocycles. The van der Waals surface area contributed by atoms with Gasteiger partial charge in [-0.15, -0.1) is 5.10 Å². The van der Waals surface area contributed by atoms with Gasteiger partial charge in [0.15, 0.2) is 0 Å². The molecule has 2 aromatic carbocycles. The third-order valence-electron chi connectivity index (χ3n) is 4.47. The summed E-state index contributed by atoms with van der Waals surface area (Å²) in [7, 11) is 1.55. The molecule has 0 radical (unpaired) electrons. The zero-order valence-electron chi connectivity index (χ0n) is 17.5. The van der Waals surface area contributed by atoms with Gasteiger partial charge in [0.2, 0.25) is 11.6 Å². The molecule has 0 unspecified atom stereocenters. The first kappa shape index (κ1) is 20.9. The van der Waals surface area contributed by atoms with Gasteiger partial charge >= 0.3 is 5.69 Å². The van der Waals surface area contributed by atoms with E-state index in [1.165, 1.54) is 16.8 Å². The largest absolute Gasteiger partial charge is 0.497 e. The van der Waals surface area contributed by atoms with Crippen molar-refractivity contribution in [3.63, 3.8) is 0 Å². The van der Waals surface area contributed by atoms with Gasteiger partial charge < -0.3 is 19.5 Å². The highest BCUT2D eigenvalue weighted by molar-refractivity contribution is 5.90. The number of nitrogens with one attached hydrogen (secondary N) is 1. The molecule has 1 N–H and O–H groups in total. The van der Waals surface area contributed by atoms with E-state index in [4.69, 9.17) is 14.2 Å². The van der Waals surface area contributed by atoms with E-state index in [1.807, 2.05) is 6.92 Å².